The van der Waals surface area contributed by atoms with E-state index >= 15 is 0 Å². The Kier molecular flexibility index (Phi) is 6.17. The van der Waals surface area contributed by atoms with E-state index in [0.29, 0.717) is 16.2 Å². The molecule has 0 saturated heterocycles. The quantitative estimate of drug-likeness (QED) is 0.384. The molecule has 2 aliphatic rings. The minimum Gasteiger partial charge on any atom is -0.467 e. The second-order valence-corrected chi connectivity index (χ2v) is 8.37. The van der Waals surface area contributed by atoms with E-state index in [0.717, 1.165) is 23.9 Å². The van der Waals surface area contributed by atoms with Crippen molar-refractivity contribution in [3.63, 3.8) is 0 Å². The van der Waals surface area contributed by atoms with Crippen LogP contribution < -0.4 is 10.1 Å². The molecule has 2 aliphatic heterocycles. The van der Waals surface area contributed by atoms with Gasteiger partial charge in [-0.1, -0.05) is 0 Å². The van der Waals surface area contributed by atoms with Gasteiger partial charge < -0.3 is 19.5 Å². The van der Waals surface area contributed by atoms with Gasteiger partial charge in [0.2, 0.25) is 5.91 Å². The van der Waals surface area contributed by atoms with Crippen molar-refractivity contribution in [3.8, 4) is 5.75 Å². The van der Waals surface area contributed by atoms with Gasteiger partial charge in [0.05, 0.1) is 34.5 Å². The van der Waals surface area contributed by atoms with Gasteiger partial charge >= 0.3 is 12.1 Å². The number of non-ortho nitro benzene ring substituents is 1. The topological polar surface area (TPSA) is 117 Å². The maximum Gasteiger partial charge on any atom is 0.416 e. The van der Waals surface area contributed by atoms with Crippen LogP contribution in [0.25, 0.3) is 0 Å². The standard InChI is InChI=1S/C20H15F3N2O7S/c21-20(22,23)12-1-2-15-14(5-12)24-19(27)16(33-15)6-17(26)31-8-11-4-13(25(28)29)3-10-7-30-9-32-18(10)11/h1-5,16H,6-9H2,(H,24,27). The van der Waals surface area contributed by atoms with Gasteiger partial charge in [0, 0.05) is 28.2 Å². The monoisotopic (exact) mass is 484 g/mol. The molecular weight excluding hydrogens is 469 g/mol. The van der Waals surface area contributed by atoms with E-state index in [1.807, 2.05) is 0 Å². The lowest BCUT2D eigenvalue weighted by molar-refractivity contribution is -0.385. The van der Waals surface area contributed by atoms with Crippen LogP contribution >= 0.6 is 11.8 Å². The van der Waals surface area contributed by atoms with Crippen molar-refractivity contribution < 1.29 is 41.9 Å². The number of amides is 1. The molecule has 0 aliphatic carbocycles. The first-order valence-electron chi connectivity index (χ1n) is 9.47. The second kappa shape index (κ2) is 8.90. The number of anilines is 1. The first-order valence-corrected chi connectivity index (χ1v) is 10.3. The van der Waals surface area contributed by atoms with Gasteiger partial charge in [-0.3, -0.25) is 19.7 Å². The number of thioether (sulfide) groups is 1. The highest BCUT2D eigenvalue weighted by Gasteiger charge is 2.34. The van der Waals surface area contributed by atoms with Gasteiger partial charge in [0.25, 0.3) is 5.69 Å². The summed E-state index contributed by atoms with van der Waals surface area (Å²) >= 11 is 0.953. The van der Waals surface area contributed by atoms with Crippen molar-refractivity contribution >= 4 is 35.0 Å². The highest BCUT2D eigenvalue weighted by molar-refractivity contribution is 8.01. The first kappa shape index (κ1) is 22.9. The molecule has 0 fully saturated rings. The maximum atomic E-state index is 12.9. The fourth-order valence-corrected chi connectivity index (χ4v) is 4.40. The molecular formula is C20H15F3N2O7S. The molecule has 1 unspecified atom stereocenters. The van der Waals surface area contributed by atoms with Gasteiger partial charge in [-0.25, -0.2) is 0 Å². The van der Waals surface area contributed by atoms with Crippen LogP contribution in [0, 0.1) is 10.1 Å². The summed E-state index contributed by atoms with van der Waals surface area (Å²) in [5, 5.41) is 12.6. The van der Waals surface area contributed by atoms with Crippen LogP contribution in [0.3, 0.4) is 0 Å². The van der Waals surface area contributed by atoms with Crippen LogP contribution in [0.2, 0.25) is 0 Å². The van der Waals surface area contributed by atoms with Gasteiger partial charge in [-0.15, -0.1) is 11.8 Å². The number of hydrogen-bond acceptors (Lipinski definition) is 8. The molecule has 2 aromatic rings. The summed E-state index contributed by atoms with van der Waals surface area (Å²) < 4.78 is 54.3. The van der Waals surface area contributed by atoms with Gasteiger partial charge in [0.1, 0.15) is 12.4 Å². The molecule has 4 rings (SSSR count). The lowest BCUT2D eigenvalue weighted by Crippen LogP contribution is -2.31. The van der Waals surface area contributed by atoms with Crippen LogP contribution in [0.1, 0.15) is 23.1 Å². The number of nitro benzene ring substituents is 1. The summed E-state index contributed by atoms with van der Waals surface area (Å²) in [5.41, 5.74) is -0.369. The number of esters is 1. The number of hydrogen-bond donors (Lipinski definition) is 1. The van der Waals surface area contributed by atoms with E-state index in [-0.39, 0.29) is 43.4 Å². The zero-order chi connectivity index (χ0) is 23.8. The van der Waals surface area contributed by atoms with E-state index in [4.69, 9.17) is 14.2 Å². The summed E-state index contributed by atoms with van der Waals surface area (Å²) in [5.74, 6) is -1.05. The van der Waals surface area contributed by atoms with E-state index < -0.39 is 33.8 Å². The Morgan fingerprint density at radius 3 is 2.82 bits per heavy atom. The Morgan fingerprint density at radius 1 is 1.30 bits per heavy atom. The van der Waals surface area contributed by atoms with Crippen LogP contribution in [-0.2, 0) is 38.5 Å². The number of carbonyl (C=O) groups excluding carboxylic acids is 2. The van der Waals surface area contributed by atoms with Crippen LogP contribution in [0.5, 0.6) is 5.75 Å². The van der Waals surface area contributed by atoms with E-state index in [1.54, 1.807) is 0 Å². The van der Waals surface area contributed by atoms with Crippen LogP contribution in [-0.4, -0.2) is 28.8 Å². The zero-order valence-corrected chi connectivity index (χ0v) is 17.5. The van der Waals surface area contributed by atoms with Crippen molar-refractivity contribution in [1.29, 1.82) is 0 Å². The van der Waals surface area contributed by atoms with E-state index in [9.17, 15) is 32.9 Å². The fraction of sp³-hybridized carbons (Fsp3) is 0.300. The Balaban J connectivity index is 1.42. The largest absolute Gasteiger partial charge is 0.467 e. The highest BCUT2D eigenvalue weighted by atomic mass is 32.2. The third-order valence-electron chi connectivity index (χ3n) is 4.85. The van der Waals surface area contributed by atoms with Gasteiger partial charge in [-0.2, -0.15) is 13.2 Å². The number of alkyl halides is 3. The lowest BCUT2D eigenvalue weighted by Gasteiger charge is -2.24. The average molecular weight is 484 g/mol. The van der Waals surface area contributed by atoms with Crippen molar-refractivity contribution in [2.45, 2.75) is 36.0 Å². The number of benzene rings is 2. The number of halogens is 3. The number of nitrogens with one attached hydrogen (secondary N) is 1. The zero-order valence-electron chi connectivity index (χ0n) is 16.6. The molecule has 0 spiro atoms. The molecule has 0 aromatic heterocycles. The normalized spacial score (nSPS) is 17.3. The van der Waals surface area contributed by atoms with E-state index in [2.05, 4.69) is 5.32 Å². The van der Waals surface area contributed by atoms with Crippen LogP contribution in [0.4, 0.5) is 24.5 Å². The number of nitrogens with zero attached hydrogens (tertiary/aromatic N) is 1. The molecule has 13 heteroatoms. The van der Waals surface area contributed by atoms with Crippen molar-refractivity contribution in [1.82, 2.24) is 0 Å². The third kappa shape index (κ3) is 5.03. The van der Waals surface area contributed by atoms with Crippen LogP contribution in [0.15, 0.2) is 35.2 Å². The minimum atomic E-state index is -4.55. The molecule has 33 heavy (non-hydrogen) atoms. The first-order chi connectivity index (χ1) is 15.6. The number of nitro groups is 1. The number of ether oxygens (including phenoxy) is 3. The van der Waals surface area contributed by atoms with Crippen molar-refractivity contribution in [3.05, 3.63) is 57.1 Å². The molecule has 1 atom stereocenters. The summed E-state index contributed by atoms with van der Waals surface area (Å²) in [4.78, 5) is 35.6. The van der Waals surface area contributed by atoms with Crippen molar-refractivity contribution in [2.24, 2.45) is 0 Å². The Bertz CT molecular complexity index is 1140. The fourth-order valence-electron chi connectivity index (χ4n) is 3.32. The molecule has 1 N–H and O–H groups in total. The summed E-state index contributed by atoms with van der Waals surface area (Å²) in [6.07, 6.45) is -4.90. The van der Waals surface area contributed by atoms with Gasteiger partial charge in [-0.05, 0) is 18.2 Å². The molecule has 0 radical (unpaired) electrons. The SMILES string of the molecule is O=C(CC1Sc2ccc(C(F)(F)F)cc2NC1=O)OCc1cc([N+](=O)[O-])cc2c1OCOC2. The lowest BCUT2D eigenvalue weighted by atomic mass is 10.1. The second-order valence-electron chi connectivity index (χ2n) is 7.13. The summed E-state index contributed by atoms with van der Waals surface area (Å²) in [7, 11) is 0. The minimum absolute atomic E-state index is 0.0204. The number of fused-ring (bicyclic) bond motifs is 2. The Labute approximate surface area is 188 Å². The van der Waals surface area contributed by atoms with E-state index in [1.165, 1.54) is 18.2 Å². The molecule has 174 valence electrons. The third-order valence-corrected chi connectivity index (χ3v) is 6.12. The highest BCUT2D eigenvalue weighted by Crippen LogP contribution is 2.41. The van der Waals surface area contributed by atoms with Gasteiger partial charge in [0.15, 0.2) is 6.79 Å². The summed E-state index contributed by atoms with van der Waals surface area (Å²) in [6.45, 7) is -0.278. The van der Waals surface area contributed by atoms with Crippen molar-refractivity contribution in [2.75, 3.05) is 12.1 Å². The molecule has 2 aromatic carbocycles. The Morgan fingerprint density at radius 2 is 2.09 bits per heavy atom. The number of carbonyl (C=O) groups is 2. The Hall–Kier alpha value is -3.32. The molecule has 1 amide bonds. The maximum absolute atomic E-state index is 12.9. The average Bonchev–Trinajstić information content (AvgIpc) is 2.76. The molecule has 2 heterocycles. The molecule has 0 saturated carbocycles. The molecule has 0 bridgehead atoms. The smallest absolute Gasteiger partial charge is 0.416 e. The predicted molar refractivity (Wildman–Crippen MR) is 108 cm³/mol. The predicted octanol–water partition coefficient (Wildman–Crippen LogP) is 4.03. The number of rotatable bonds is 5. The molecule has 9 nitrogen and oxygen atoms in total. The summed E-state index contributed by atoms with van der Waals surface area (Å²) in [6, 6.07) is 5.51.